The summed E-state index contributed by atoms with van der Waals surface area (Å²) in [5, 5.41) is 0. The van der Waals surface area contributed by atoms with Crippen LogP contribution in [0.15, 0.2) is 16.6 Å². The second-order valence-electron chi connectivity index (χ2n) is 4.63. The van der Waals surface area contributed by atoms with Gasteiger partial charge in [0.05, 0.1) is 18.4 Å². The smallest absolute Gasteiger partial charge is 0.338 e. The van der Waals surface area contributed by atoms with E-state index in [1.807, 2.05) is 0 Å². The van der Waals surface area contributed by atoms with Crippen LogP contribution >= 0.6 is 15.9 Å². The van der Waals surface area contributed by atoms with Gasteiger partial charge >= 0.3 is 5.97 Å². The third-order valence-electron chi connectivity index (χ3n) is 3.42. The largest absolute Gasteiger partial charge is 0.465 e. The van der Waals surface area contributed by atoms with Gasteiger partial charge in [0.2, 0.25) is 5.91 Å². The molecule has 1 heterocycles. The highest BCUT2D eigenvalue weighted by molar-refractivity contribution is 9.10. The Kier molecular flexibility index (Phi) is 4.15. The number of methoxy groups -OCH3 is 1. The van der Waals surface area contributed by atoms with Gasteiger partial charge in [0.15, 0.2) is 0 Å². The topological polar surface area (TPSA) is 46.6 Å². The fourth-order valence-electron chi connectivity index (χ4n) is 2.26. The number of nitrogens with zero attached hydrogens (tertiary/aromatic N) is 1. The van der Waals surface area contributed by atoms with E-state index in [4.69, 9.17) is 11.2 Å². The van der Waals surface area contributed by atoms with Crippen molar-refractivity contribution >= 4 is 33.5 Å². The van der Waals surface area contributed by atoms with Crippen molar-refractivity contribution in [2.45, 2.75) is 13.3 Å². The zero-order valence-electron chi connectivity index (χ0n) is 11.3. The molecule has 20 heavy (non-hydrogen) atoms. The normalized spacial score (nSPS) is 18.0. The number of anilines is 1. The van der Waals surface area contributed by atoms with Crippen LogP contribution in [-0.2, 0) is 9.53 Å². The minimum Gasteiger partial charge on any atom is -0.465 e. The molecule has 1 fully saturated rings. The molecule has 1 aromatic rings. The van der Waals surface area contributed by atoms with E-state index in [2.05, 4.69) is 21.9 Å². The molecule has 2 rings (SSSR count). The van der Waals surface area contributed by atoms with Crippen LogP contribution in [-0.4, -0.2) is 25.5 Å². The molecule has 1 aromatic carbocycles. The number of benzene rings is 1. The molecule has 0 radical (unpaired) electrons. The first-order valence-corrected chi connectivity index (χ1v) is 6.92. The average molecular weight is 336 g/mol. The van der Waals surface area contributed by atoms with E-state index in [1.165, 1.54) is 7.11 Å². The molecule has 1 saturated heterocycles. The van der Waals surface area contributed by atoms with Crippen molar-refractivity contribution < 1.29 is 14.3 Å². The zero-order chi connectivity index (χ0) is 14.9. The number of amides is 1. The lowest BCUT2D eigenvalue weighted by Gasteiger charge is -2.20. The maximum absolute atomic E-state index is 12.0. The van der Waals surface area contributed by atoms with Gasteiger partial charge in [-0.05, 0) is 40.5 Å². The van der Waals surface area contributed by atoms with Crippen LogP contribution in [0.2, 0.25) is 0 Å². The highest BCUT2D eigenvalue weighted by Gasteiger charge is 2.31. The monoisotopic (exact) mass is 335 g/mol. The van der Waals surface area contributed by atoms with Gasteiger partial charge in [0.1, 0.15) is 0 Å². The van der Waals surface area contributed by atoms with Crippen LogP contribution < -0.4 is 4.90 Å². The van der Waals surface area contributed by atoms with Gasteiger partial charge in [0, 0.05) is 23.4 Å². The Morgan fingerprint density at radius 3 is 2.80 bits per heavy atom. The summed E-state index contributed by atoms with van der Waals surface area (Å²) >= 11 is 3.45. The van der Waals surface area contributed by atoms with E-state index in [-0.39, 0.29) is 11.8 Å². The summed E-state index contributed by atoms with van der Waals surface area (Å²) in [7, 11) is 1.34. The molecule has 1 unspecified atom stereocenters. The molecule has 0 saturated carbocycles. The summed E-state index contributed by atoms with van der Waals surface area (Å²) in [6, 6.07) is 3.40. The molecule has 0 aromatic heterocycles. The van der Waals surface area contributed by atoms with Gasteiger partial charge in [-0.3, -0.25) is 4.79 Å². The molecule has 1 atom stereocenters. The predicted molar refractivity (Wildman–Crippen MR) is 79.5 cm³/mol. The standard InChI is InChI=1S/C15H14BrNO3/c1-4-10-7-13(18)17(8-10)12-6-5-11(15(19)20-3)9(2)14(12)16/h1,5-6,10H,7-8H2,2-3H3. The molecule has 0 aliphatic carbocycles. The summed E-state index contributed by atoms with van der Waals surface area (Å²) < 4.78 is 5.44. The number of rotatable bonds is 2. The number of terminal acetylenes is 1. The fraction of sp³-hybridized carbons (Fsp3) is 0.333. The summed E-state index contributed by atoms with van der Waals surface area (Å²) in [6.07, 6.45) is 5.75. The first kappa shape index (κ1) is 14.6. The molecular weight excluding hydrogens is 322 g/mol. The Balaban J connectivity index is 2.41. The highest BCUT2D eigenvalue weighted by atomic mass is 79.9. The van der Waals surface area contributed by atoms with Gasteiger partial charge in [-0.25, -0.2) is 4.79 Å². The van der Waals surface area contributed by atoms with Crippen LogP contribution in [0.25, 0.3) is 0 Å². The van der Waals surface area contributed by atoms with Crippen molar-refractivity contribution in [2.24, 2.45) is 5.92 Å². The first-order chi connectivity index (χ1) is 9.49. The lowest BCUT2D eigenvalue weighted by molar-refractivity contribution is -0.117. The van der Waals surface area contributed by atoms with Crippen molar-refractivity contribution in [3.63, 3.8) is 0 Å². The van der Waals surface area contributed by atoms with Crippen LogP contribution in [0.1, 0.15) is 22.3 Å². The van der Waals surface area contributed by atoms with E-state index < -0.39 is 5.97 Å². The lowest BCUT2D eigenvalue weighted by Crippen LogP contribution is -2.25. The molecular formula is C15H14BrNO3. The molecule has 5 heteroatoms. The van der Waals surface area contributed by atoms with Gasteiger partial charge in [-0.1, -0.05) is 0 Å². The maximum atomic E-state index is 12.0. The highest BCUT2D eigenvalue weighted by Crippen LogP contribution is 2.35. The number of esters is 1. The Hall–Kier alpha value is -1.80. The van der Waals surface area contributed by atoms with Crippen LogP contribution in [0.5, 0.6) is 0 Å². The third-order valence-corrected chi connectivity index (χ3v) is 4.42. The van der Waals surface area contributed by atoms with Gasteiger partial charge in [-0.2, -0.15) is 0 Å². The lowest BCUT2D eigenvalue weighted by atomic mass is 10.1. The summed E-state index contributed by atoms with van der Waals surface area (Å²) in [4.78, 5) is 25.3. The zero-order valence-corrected chi connectivity index (χ0v) is 12.9. The second kappa shape index (κ2) is 5.68. The molecule has 1 aliphatic heterocycles. The molecule has 4 nitrogen and oxygen atoms in total. The van der Waals surface area contributed by atoms with Crippen molar-refractivity contribution in [3.8, 4) is 12.3 Å². The van der Waals surface area contributed by atoms with Crippen LogP contribution in [0.3, 0.4) is 0 Å². The van der Waals surface area contributed by atoms with Crippen LogP contribution in [0, 0.1) is 25.2 Å². The van der Waals surface area contributed by atoms with Crippen molar-refractivity contribution in [3.05, 3.63) is 27.7 Å². The SMILES string of the molecule is C#CC1CC(=O)N(c2ccc(C(=O)OC)c(C)c2Br)C1. The van der Waals surface area contributed by atoms with Crippen LogP contribution in [0.4, 0.5) is 5.69 Å². The Labute approximate surface area is 126 Å². The quantitative estimate of drug-likeness (QED) is 0.616. The molecule has 0 spiro atoms. The molecule has 104 valence electrons. The number of halogens is 1. The summed E-state index contributed by atoms with van der Waals surface area (Å²) in [5.41, 5.74) is 1.95. The summed E-state index contributed by atoms with van der Waals surface area (Å²) in [6.45, 7) is 2.31. The van der Waals surface area contributed by atoms with Crippen molar-refractivity contribution in [2.75, 3.05) is 18.6 Å². The van der Waals surface area contributed by atoms with Crippen molar-refractivity contribution in [1.82, 2.24) is 0 Å². The minimum atomic E-state index is -0.399. The predicted octanol–water partition coefficient (Wildman–Crippen LogP) is 2.53. The van der Waals surface area contributed by atoms with Crippen molar-refractivity contribution in [1.29, 1.82) is 0 Å². The van der Waals surface area contributed by atoms with Gasteiger partial charge in [-0.15, -0.1) is 12.3 Å². The summed E-state index contributed by atoms with van der Waals surface area (Å²) in [5.74, 6) is 2.15. The molecule has 0 N–H and O–H groups in total. The first-order valence-electron chi connectivity index (χ1n) is 6.13. The minimum absolute atomic E-state index is 0.00105. The number of carbonyl (C=O) groups excluding carboxylic acids is 2. The van der Waals surface area contributed by atoms with Gasteiger partial charge < -0.3 is 9.64 Å². The number of carbonyl (C=O) groups is 2. The molecule has 0 bridgehead atoms. The number of hydrogen-bond acceptors (Lipinski definition) is 3. The Bertz CT molecular complexity index is 618. The number of ether oxygens (including phenoxy) is 1. The second-order valence-corrected chi connectivity index (χ2v) is 5.43. The molecule has 1 amide bonds. The maximum Gasteiger partial charge on any atom is 0.338 e. The van der Waals surface area contributed by atoms with E-state index in [0.29, 0.717) is 23.0 Å². The Morgan fingerprint density at radius 2 is 2.25 bits per heavy atom. The number of hydrogen-bond donors (Lipinski definition) is 0. The van der Waals surface area contributed by atoms with E-state index in [0.717, 1.165) is 11.3 Å². The van der Waals surface area contributed by atoms with E-state index >= 15 is 0 Å². The average Bonchev–Trinajstić information content (AvgIpc) is 2.82. The van der Waals surface area contributed by atoms with E-state index in [9.17, 15) is 9.59 Å². The third kappa shape index (κ3) is 2.44. The fourth-order valence-corrected chi connectivity index (χ4v) is 2.82. The van der Waals surface area contributed by atoms with Gasteiger partial charge in [0.25, 0.3) is 0 Å². The Morgan fingerprint density at radius 1 is 1.55 bits per heavy atom. The van der Waals surface area contributed by atoms with E-state index in [1.54, 1.807) is 24.0 Å². The molecule has 1 aliphatic rings.